The predicted octanol–water partition coefficient (Wildman–Crippen LogP) is 3.10. The number of imide groups is 1. The summed E-state index contributed by atoms with van der Waals surface area (Å²) in [5.41, 5.74) is -0.0807. The van der Waals surface area contributed by atoms with Crippen LogP contribution in [0.1, 0.15) is 31.4 Å². The molecular formula is C25H26ClN3O5S. The molecule has 1 unspecified atom stereocenters. The second-order valence-electron chi connectivity index (χ2n) is 8.47. The number of halogens is 1. The average Bonchev–Trinajstić information content (AvgIpc) is 3.21. The number of nitrogens with zero attached hydrogens (tertiary/aromatic N) is 3. The van der Waals surface area contributed by atoms with Gasteiger partial charge in [-0.2, -0.15) is 4.31 Å². The molecule has 35 heavy (non-hydrogen) atoms. The molecule has 0 saturated carbocycles. The van der Waals surface area contributed by atoms with E-state index in [0.29, 0.717) is 34.9 Å². The Labute approximate surface area is 209 Å². The Morgan fingerprint density at radius 1 is 1.03 bits per heavy atom. The lowest BCUT2D eigenvalue weighted by Gasteiger charge is -2.22. The fourth-order valence-electron chi connectivity index (χ4n) is 4.79. The lowest BCUT2D eigenvalue weighted by molar-refractivity contribution is -0.141. The van der Waals surface area contributed by atoms with Crippen LogP contribution >= 0.6 is 11.6 Å². The van der Waals surface area contributed by atoms with Crippen molar-refractivity contribution in [3.63, 3.8) is 0 Å². The number of hydrogen-bond acceptors (Lipinski definition) is 5. The van der Waals surface area contributed by atoms with Gasteiger partial charge in [0.25, 0.3) is 0 Å². The highest BCUT2D eigenvalue weighted by atomic mass is 35.5. The first-order chi connectivity index (χ1) is 16.6. The van der Waals surface area contributed by atoms with E-state index in [-0.39, 0.29) is 24.4 Å². The van der Waals surface area contributed by atoms with Gasteiger partial charge in [-0.1, -0.05) is 43.7 Å². The third kappa shape index (κ3) is 3.87. The SMILES string of the molecule is C=CCN1C(=O)CC2(C1=O)C(=O)N(Cc1ccc(S(=O)(=O)N(CC)CC)cc1)c1ccc(Cl)cc12. The van der Waals surface area contributed by atoms with Crippen molar-refractivity contribution >= 4 is 45.0 Å². The van der Waals surface area contributed by atoms with Crippen LogP contribution in [0.25, 0.3) is 0 Å². The Morgan fingerprint density at radius 3 is 2.26 bits per heavy atom. The quantitative estimate of drug-likeness (QED) is 0.306. The van der Waals surface area contributed by atoms with Gasteiger partial charge in [0.1, 0.15) is 0 Å². The van der Waals surface area contributed by atoms with Crippen LogP contribution in [0.2, 0.25) is 5.02 Å². The van der Waals surface area contributed by atoms with Crippen LogP contribution in [0.15, 0.2) is 60.0 Å². The Kier molecular flexibility index (Phi) is 6.61. The molecule has 0 bridgehead atoms. The number of carbonyl (C=O) groups is 3. The lowest BCUT2D eigenvalue weighted by Crippen LogP contribution is -2.46. The fraction of sp³-hybridized carbons (Fsp3) is 0.320. The van der Waals surface area contributed by atoms with Crippen LogP contribution in [0.5, 0.6) is 0 Å². The molecule has 1 spiro atoms. The highest BCUT2D eigenvalue weighted by Gasteiger charge is 2.63. The zero-order valence-electron chi connectivity index (χ0n) is 19.5. The van der Waals surface area contributed by atoms with E-state index in [9.17, 15) is 22.8 Å². The number of fused-ring (bicyclic) bond motifs is 2. The number of carbonyl (C=O) groups excluding carboxylic acids is 3. The van der Waals surface area contributed by atoms with Crippen LogP contribution in [0.4, 0.5) is 5.69 Å². The van der Waals surface area contributed by atoms with Crippen molar-refractivity contribution in [2.45, 2.75) is 37.1 Å². The first kappa shape index (κ1) is 25.1. The van der Waals surface area contributed by atoms with Crippen LogP contribution in [-0.4, -0.2) is 55.0 Å². The van der Waals surface area contributed by atoms with Crippen molar-refractivity contribution in [1.29, 1.82) is 0 Å². The monoisotopic (exact) mass is 515 g/mol. The van der Waals surface area contributed by atoms with Gasteiger partial charge in [-0.3, -0.25) is 19.3 Å². The second-order valence-corrected chi connectivity index (χ2v) is 10.8. The largest absolute Gasteiger partial charge is 0.306 e. The zero-order valence-corrected chi connectivity index (χ0v) is 21.1. The standard InChI is InChI=1S/C25H26ClN3O5S/c1-4-13-28-22(30)15-25(23(28)31)20-14-18(26)9-12-21(20)29(24(25)32)16-17-7-10-19(11-8-17)35(33,34)27(5-2)6-3/h4,7-12,14H,1,5-6,13,15-16H2,2-3H3. The van der Waals surface area contributed by atoms with Gasteiger partial charge in [0.15, 0.2) is 5.41 Å². The molecule has 3 amide bonds. The summed E-state index contributed by atoms with van der Waals surface area (Å²) in [7, 11) is -3.61. The first-order valence-corrected chi connectivity index (χ1v) is 13.1. The van der Waals surface area contributed by atoms with E-state index in [0.717, 1.165) is 4.90 Å². The molecule has 0 N–H and O–H groups in total. The van der Waals surface area contributed by atoms with Crippen molar-refractivity contribution in [3.05, 3.63) is 71.3 Å². The Morgan fingerprint density at radius 2 is 1.66 bits per heavy atom. The molecule has 8 nitrogen and oxygen atoms in total. The van der Waals surface area contributed by atoms with Gasteiger partial charge in [0.2, 0.25) is 27.7 Å². The number of hydrogen-bond donors (Lipinski definition) is 0. The topological polar surface area (TPSA) is 95.1 Å². The van der Waals surface area contributed by atoms with Crippen molar-refractivity contribution < 1.29 is 22.8 Å². The molecule has 2 aromatic carbocycles. The minimum atomic E-state index is -3.61. The summed E-state index contributed by atoms with van der Waals surface area (Å²) in [6.45, 7) is 7.99. The molecule has 0 aliphatic carbocycles. The molecule has 2 aliphatic heterocycles. The van der Waals surface area contributed by atoms with Gasteiger partial charge in [-0.25, -0.2) is 8.42 Å². The van der Waals surface area contributed by atoms with Gasteiger partial charge in [-0.05, 0) is 35.9 Å². The third-order valence-corrected chi connectivity index (χ3v) is 8.87. The van der Waals surface area contributed by atoms with Crippen molar-refractivity contribution in [2.75, 3.05) is 24.5 Å². The Bertz CT molecular complexity index is 1320. The highest BCUT2D eigenvalue weighted by molar-refractivity contribution is 7.89. The second kappa shape index (κ2) is 9.22. The molecule has 1 fully saturated rings. The van der Waals surface area contributed by atoms with Gasteiger partial charge in [0.05, 0.1) is 17.9 Å². The molecular weight excluding hydrogens is 490 g/mol. The summed E-state index contributed by atoms with van der Waals surface area (Å²) in [5, 5.41) is 0.353. The van der Waals surface area contributed by atoms with E-state index in [4.69, 9.17) is 11.6 Å². The van der Waals surface area contributed by atoms with E-state index in [1.165, 1.54) is 27.4 Å². The lowest BCUT2D eigenvalue weighted by atomic mass is 9.80. The summed E-state index contributed by atoms with van der Waals surface area (Å²) >= 11 is 6.22. The summed E-state index contributed by atoms with van der Waals surface area (Å²) in [4.78, 5) is 42.5. The van der Waals surface area contributed by atoms with E-state index in [1.54, 1.807) is 44.2 Å². The number of sulfonamides is 1. The molecule has 1 saturated heterocycles. The molecule has 0 radical (unpaired) electrons. The summed E-state index contributed by atoms with van der Waals surface area (Å²) in [6, 6.07) is 11.2. The molecule has 4 rings (SSSR count). The predicted molar refractivity (Wildman–Crippen MR) is 132 cm³/mol. The maximum atomic E-state index is 13.8. The normalized spacial score (nSPS) is 19.8. The number of rotatable bonds is 8. The van der Waals surface area contributed by atoms with Gasteiger partial charge in [-0.15, -0.1) is 6.58 Å². The summed E-state index contributed by atoms with van der Waals surface area (Å²) in [6.07, 6.45) is 1.17. The van der Waals surface area contributed by atoms with E-state index < -0.39 is 33.2 Å². The minimum Gasteiger partial charge on any atom is -0.306 e. The van der Waals surface area contributed by atoms with Crippen molar-refractivity contribution in [1.82, 2.24) is 9.21 Å². The summed E-state index contributed by atoms with van der Waals surface area (Å²) in [5.74, 6) is -1.53. The maximum Gasteiger partial charge on any atom is 0.250 e. The molecule has 0 aromatic heterocycles. The Hall–Kier alpha value is -3.01. The number of likely N-dealkylation sites (tertiary alicyclic amines) is 1. The molecule has 2 heterocycles. The minimum absolute atomic E-state index is 0.0189. The maximum absolute atomic E-state index is 13.8. The average molecular weight is 516 g/mol. The number of benzene rings is 2. The van der Waals surface area contributed by atoms with Crippen LogP contribution in [0, 0.1) is 0 Å². The molecule has 184 valence electrons. The molecule has 2 aromatic rings. The van der Waals surface area contributed by atoms with E-state index in [2.05, 4.69) is 6.58 Å². The number of anilines is 1. The number of amides is 3. The summed E-state index contributed by atoms with van der Waals surface area (Å²) < 4.78 is 26.9. The van der Waals surface area contributed by atoms with Gasteiger partial charge in [0, 0.05) is 35.9 Å². The third-order valence-electron chi connectivity index (χ3n) is 6.57. The van der Waals surface area contributed by atoms with Crippen LogP contribution in [0.3, 0.4) is 0 Å². The van der Waals surface area contributed by atoms with Crippen molar-refractivity contribution in [3.8, 4) is 0 Å². The fourth-order valence-corrected chi connectivity index (χ4v) is 6.42. The van der Waals surface area contributed by atoms with E-state index >= 15 is 0 Å². The zero-order chi connectivity index (χ0) is 25.5. The first-order valence-electron chi connectivity index (χ1n) is 11.3. The van der Waals surface area contributed by atoms with Gasteiger partial charge >= 0.3 is 0 Å². The van der Waals surface area contributed by atoms with Crippen LogP contribution < -0.4 is 4.90 Å². The van der Waals surface area contributed by atoms with Crippen molar-refractivity contribution in [2.24, 2.45) is 0 Å². The smallest absolute Gasteiger partial charge is 0.250 e. The Balaban J connectivity index is 1.70. The van der Waals surface area contributed by atoms with Crippen LogP contribution in [-0.2, 0) is 36.4 Å². The molecule has 10 heteroatoms. The molecule has 1 atom stereocenters. The molecule has 2 aliphatic rings. The highest BCUT2D eigenvalue weighted by Crippen LogP contribution is 2.49. The van der Waals surface area contributed by atoms with Gasteiger partial charge < -0.3 is 4.90 Å². The van der Waals surface area contributed by atoms with E-state index in [1.807, 2.05) is 0 Å².